The van der Waals surface area contributed by atoms with E-state index >= 15 is 0 Å². The van der Waals surface area contributed by atoms with E-state index in [1.165, 1.54) is 22.3 Å². The van der Waals surface area contributed by atoms with Crippen molar-refractivity contribution in [2.24, 2.45) is 0 Å². The Kier molecular flexibility index (Phi) is 4.01. The number of hydrogen-bond donors (Lipinski definition) is 0. The van der Waals surface area contributed by atoms with Crippen LogP contribution in [0.1, 0.15) is 16.7 Å². The molecule has 0 N–H and O–H groups in total. The zero-order chi connectivity index (χ0) is 19.1. The van der Waals surface area contributed by atoms with Crippen LogP contribution in [0.4, 0.5) is 0 Å². The van der Waals surface area contributed by atoms with Crippen LogP contribution in [-0.2, 0) is 6.42 Å². The lowest BCUT2D eigenvalue weighted by molar-refractivity contribution is 0.326. The van der Waals surface area contributed by atoms with Crippen LogP contribution in [0.15, 0.2) is 72.8 Å². The van der Waals surface area contributed by atoms with Crippen molar-refractivity contribution >= 4 is 0 Å². The van der Waals surface area contributed by atoms with Crippen LogP contribution >= 0.6 is 0 Å². The summed E-state index contributed by atoms with van der Waals surface area (Å²) in [6.45, 7) is 4.93. The molecule has 0 bridgehead atoms. The van der Waals surface area contributed by atoms with Gasteiger partial charge in [0, 0.05) is 23.1 Å². The summed E-state index contributed by atoms with van der Waals surface area (Å²) in [6.07, 6.45) is 0.833. The fraction of sp³-hybridized carbons (Fsp3) is 0.160. The fourth-order valence-corrected chi connectivity index (χ4v) is 3.91. The van der Waals surface area contributed by atoms with Gasteiger partial charge in [-0.05, 0) is 49.2 Å². The molecule has 3 aromatic carbocycles. The monoisotopic (exact) mass is 366 g/mol. The Labute approximate surface area is 165 Å². The third-order valence-electron chi connectivity index (χ3n) is 5.49. The SMILES string of the molecule is Cc1cc2c(cc1C)-c1nn(-c3ccccc3)c(-c3ccccc3)c1CCO2. The Morgan fingerprint density at radius 2 is 1.54 bits per heavy atom. The molecule has 0 atom stereocenters. The van der Waals surface area contributed by atoms with Crippen LogP contribution in [0.5, 0.6) is 5.75 Å². The topological polar surface area (TPSA) is 27.1 Å². The Morgan fingerprint density at radius 1 is 0.857 bits per heavy atom. The molecule has 4 aromatic rings. The molecule has 138 valence electrons. The first-order chi connectivity index (χ1) is 13.7. The molecule has 1 aliphatic rings. The molecular formula is C25H22N2O. The van der Waals surface area contributed by atoms with Crippen LogP contribution in [0.25, 0.3) is 28.2 Å². The second kappa shape index (κ2) is 6.68. The highest BCUT2D eigenvalue weighted by molar-refractivity contribution is 5.80. The van der Waals surface area contributed by atoms with Crippen LogP contribution in [0, 0.1) is 13.8 Å². The standard InChI is InChI=1S/C25H22N2O/c1-17-15-22-23(16-18(17)2)28-14-13-21-24(22)26-27(20-11-7-4-8-12-20)25(21)19-9-5-3-6-10-19/h3-12,15-16H,13-14H2,1-2H3. The molecule has 0 unspecified atom stereocenters. The lowest BCUT2D eigenvalue weighted by Gasteiger charge is -2.11. The fourth-order valence-electron chi connectivity index (χ4n) is 3.91. The second-order valence-electron chi connectivity index (χ2n) is 7.32. The first-order valence-electron chi connectivity index (χ1n) is 9.69. The molecule has 5 rings (SSSR count). The van der Waals surface area contributed by atoms with Gasteiger partial charge in [0.15, 0.2) is 0 Å². The van der Waals surface area contributed by atoms with Gasteiger partial charge in [0.1, 0.15) is 11.4 Å². The number of hydrogen-bond acceptors (Lipinski definition) is 2. The minimum atomic E-state index is 0.656. The van der Waals surface area contributed by atoms with Crippen molar-refractivity contribution in [3.05, 3.63) is 89.5 Å². The minimum Gasteiger partial charge on any atom is -0.493 e. The number of ether oxygens (including phenoxy) is 1. The zero-order valence-electron chi connectivity index (χ0n) is 16.1. The van der Waals surface area contributed by atoms with E-state index in [9.17, 15) is 0 Å². The summed E-state index contributed by atoms with van der Waals surface area (Å²) in [6, 6.07) is 25.3. The highest BCUT2D eigenvalue weighted by Crippen LogP contribution is 2.41. The molecular weight excluding hydrogens is 344 g/mol. The third kappa shape index (κ3) is 2.71. The summed E-state index contributed by atoms with van der Waals surface area (Å²) in [5, 5.41) is 5.11. The van der Waals surface area contributed by atoms with Gasteiger partial charge in [0.25, 0.3) is 0 Å². The van der Waals surface area contributed by atoms with Gasteiger partial charge in [-0.1, -0.05) is 48.5 Å². The predicted octanol–water partition coefficient (Wildman–Crippen LogP) is 5.76. The number of fused-ring (bicyclic) bond motifs is 3. The van der Waals surface area contributed by atoms with Gasteiger partial charge in [0.05, 0.1) is 18.0 Å². The van der Waals surface area contributed by atoms with Crippen molar-refractivity contribution in [2.75, 3.05) is 6.61 Å². The molecule has 2 heterocycles. The van der Waals surface area contributed by atoms with Crippen molar-refractivity contribution in [3.63, 3.8) is 0 Å². The average molecular weight is 366 g/mol. The van der Waals surface area contributed by atoms with E-state index in [0.717, 1.165) is 34.8 Å². The van der Waals surface area contributed by atoms with Gasteiger partial charge < -0.3 is 4.74 Å². The maximum atomic E-state index is 6.11. The lowest BCUT2D eigenvalue weighted by Crippen LogP contribution is -2.03. The number of benzene rings is 3. The Balaban J connectivity index is 1.83. The van der Waals surface area contributed by atoms with Gasteiger partial charge >= 0.3 is 0 Å². The number of aromatic nitrogens is 2. The molecule has 28 heavy (non-hydrogen) atoms. The van der Waals surface area contributed by atoms with E-state index in [4.69, 9.17) is 9.84 Å². The molecule has 3 nitrogen and oxygen atoms in total. The van der Waals surface area contributed by atoms with Crippen molar-refractivity contribution in [3.8, 4) is 34.0 Å². The number of rotatable bonds is 2. The molecule has 0 saturated heterocycles. The smallest absolute Gasteiger partial charge is 0.129 e. The van der Waals surface area contributed by atoms with E-state index in [0.29, 0.717) is 6.61 Å². The Bertz CT molecular complexity index is 1140. The van der Waals surface area contributed by atoms with Gasteiger partial charge in [-0.3, -0.25) is 0 Å². The first kappa shape index (κ1) is 16.8. The largest absolute Gasteiger partial charge is 0.493 e. The minimum absolute atomic E-state index is 0.656. The summed E-state index contributed by atoms with van der Waals surface area (Å²) < 4.78 is 8.20. The number of para-hydroxylation sites is 1. The molecule has 1 aliphatic heterocycles. The molecule has 0 spiro atoms. The van der Waals surface area contributed by atoms with Crippen LogP contribution in [0.2, 0.25) is 0 Å². The highest BCUT2D eigenvalue weighted by Gasteiger charge is 2.26. The van der Waals surface area contributed by atoms with E-state index in [2.05, 4.69) is 85.3 Å². The maximum absolute atomic E-state index is 6.11. The van der Waals surface area contributed by atoms with Gasteiger partial charge in [-0.2, -0.15) is 5.10 Å². The number of aryl methyl sites for hydroxylation is 2. The second-order valence-corrected chi connectivity index (χ2v) is 7.32. The number of nitrogens with zero attached hydrogens (tertiary/aromatic N) is 2. The lowest BCUT2D eigenvalue weighted by atomic mass is 9.97. The molecule has 0 aliphatic carbocycles. The zero-order valence-corrected chi connectivity index (χ0v) is 16.1. The van der Waals surface area contributed by atoms with Crippen molar-refractivity contribution in [1.29, 1.82) is 0 Å². The van der Waals surface area contributed by atoms with Gasteiger partial charge in [-0.15, -0.1) is 0 Å². The quantitative estimate of drug-likeness (QED) is 0.451. The molecule has 0 radical (unpaired) electrons. The highest BCUT2D eigenvalue weighted by atomic mass is 16.5. The summed E-state index contributed by atoms with van der Waals surface area (Å²) in [7, 11) is 0. The Hall–Kier alpha value is -3.33. The van der Waals surface area contributed by atoms with E-state index in [1.54, 1.807) is 0 Å². The van der Waals surface area contributed by atoms with Crippen LogP contribution < -0.4 is 4.74 Å². The van der Waals surface area contributed by atoms with Crippen LogP contribution in [-0.4, -0.2) is 16.4 Å². The first-order valence-corrected chi connectivity index (χ1v) is 9.69. The van der Waals surface area contributed by atoms with Gasteiger partial charge in [-0.25, -0.2) is 4.68 Å². The van der Waals surface area contributed by atoms with E-state index in [-0.39, 0.29) is 0 Å². The van der Waals surface area contributed by atoms with E-state index in [1.807, 2.05) is 6.07 Å². The van der Waals surface area contributed by atoms with Crippen molar-refractivity contribution in [1.82, 2.24) is 9.78 Å². The van der Waals surface area contributed by atoms with Crippen LogP contribution in [0.3, 0.4) is 0 Å². The third-order valence-corrected chi connectivity index (χ3v) is 5.49. The average Bonchev–Trinajstić information content (AvgIpc) is 3.03. The molecule has 0 fully saturated rings. The summed E-state index contributed by atoms with van der Waals surface area (Å²) in [5.74, 6) is 0.930. The summed E-state index contributed by atoms with van der Waals surface area (Å²) >= 11 is 0. The molecule has 0 amide bonds. The molecule has 3 heteroatoms. The summed E-state index contributed by atoms with van der Waals surface area (Å²) in [5.41, 5.74) is 9.25. The summed E-state index contributed by atoms with van der Waals surface area (Å²) in [4.78, 5) is 0. The van der Waals surface area contributed by atoms with Crippen molar-refractivity contribution in [2.45, 2.75) is 20.3 Å². The van der Waals surface area contributed by atoms with Crippen molar-refractivity contribution < 1.29 is 4.74 Å². The van der Waals surface area contributed by atoms with Gasteiger partial charge in [0.2, 0.25) is 0 Å². The molecule has 1 aromatic heterocycles. The maximum Gasteiger partial charge on any atom is 0.129 e. The van der Waals surface area contributed by atoms with E-state index < -0.39 is 0 Å². The Morgan fingerprint density at radius 3 is 2.29 bits per heavy atom. The molecule has 0 saturated carbocycles. The normalized spacial score (nSPS) is 12.6. The predicted molar refractivity (Wildman–Crippen MR) is 113 cm³/mol.